The molecule has 0 saturated carbocycles. The van der Waals surface area contributed by atoms with Crippen LogP contribution in [0.4, 0.5) is 4.39 Å². The number of rotatable bonds is 5. The molecule has 0 atom stereocenters. The maximum atomic E-state index is 13.9. The fraction of sp³-hybridized carbons (Fsp3) is 0.167. The van der Waals surface area contributed by atoms with Crippen molar-refractivity contribution in [1.82, 2.24) is 15.3 Å². The molecule has 1 aromatic carbocycles. The molecule has 0 bridgehead atoms. The molecule has 2 heterocycles. The van der Waals surface area contributed by atoms with E-state index in [0.29, 0.717) is 18.5 Å². The molecule has 0 aliphatic rings. The number of thiazole rings is 1. The maximum Gasteiger partial charge on any atom is 0.254 e. The first-order valence-electron chi connectivity index (χ1n) is 7.54. The van der Waals surface area contributed by atoms with E-state index >= 15 is 0 Å². The van der Waals surface area contributed by atoms with Crippen molar-refractivity contribution in [3.05, 3.63) is 69.9 Å². The third-order valence-electron chi connectivity index (χ3n) is 3.54. The van der Waals surface area contributed by atoms with Crippen molar-refractivity contribution in [2.75, 3.05) is 6.54 Å². The van der Waals surface area contributed by atoms with Gasteiger partial charge in [0.05, 0.1) is 22.0 Å². The van der Waals surface area contributed by atoms with E-state index in [9.17, 15) is 9.18 Å². The second-order valence-electron chi connectivity index (χ2n) is 5.28. The SMILES string of the molecule is Cc1cccc(C(=O)NCCc2nc(-c3ccccn3)cs2)c1F. The monoisotopic (exact) mass is 341 g/mol. The van der Waals surface area contributed by atoms with Gasteiger partial charge < -0.3 is 5.32 Å². The van der Waals surface area contributed by atoms with Gasteiger partial charge in [-0.2, -0.15) is 0 Å². The zero-order valence-corrected chi connectivity index (χ0v) is 13.9. The molecular weight excluding hydrogens is 325 g/mol. The second-order valence-corrected chi connectivity index (χ2v) is 6.23. The van der Waals surface area contributed by atoms with Crippen molar-refractivity contribution in [2.45, 2.75) is 13.3 Å². The summed E-state index contributed by atoms with van der Waals surface area (Å²) in [5.74, 6) is -0.876. The fourth-order valence-electron chi connectivity index (χ4n) is 2.26. The van der Waals surface area contributed by atoms with Crippen LogP contribution >= 0.6 is 11.3 Å². The number of aromatic nitrogens is 2. The van der Waals surface area contributed by atoms with Gasteiger partial charge in [-0.1, -0.05) is 18.2 Å². The van der Waals surface area contributed by atoms with E-state index in [-0.39, 0.29) is 5.56 Å². The summed E-state index contributed by atoms with van der Waals surface area (Å²) in [4.78, 5) is 20.8. The lowest BCUT2D eigenvalue weighted by molar-refractivity contribution is 0.0950. The van der Waals surface area contributed by atoms with Gasteiger partial charge in [0.15, 0.2) is 0 Å². The molecular formula is C18H16FN3OS. The zero-order valence-electron chi connectivity index (χ0n) is 13.1. The van der Waals surface area contributed by atoms with Crippen LogP contribution in [0.5, 0.6) is 0 Å². The maximum absolute atomic E-state index is 13.9. The Hall–Kier alpha value is -2.60. The smallest absolute Gasteiger partial charge is 0.254 e. The first kappa shape index (κ1) is 16.3. The van der Waals surface area contributed by atoms with Crippen LogP contribution in [0.15, 0.2) is 48.0 Å². The Labute approximate surface area is 143 Å². The van der Waals surface area contributed by atoms with Crippen LogP contribution in [0.2, 0.25) is 0 Å². The summed E-state index contributed by atoms with van der Waals surface area (Å²) >= 11 is 1.52. The molecule has 2 aromatic heterocycles. The molecule has 0 unspecified atom stereocenters. The number of hydrogen-bond donors (Lipinski definition) is 1. The molecule has 24 heavy (non-hydrogen) atoms. The van der Waals surface area contributed by atoms with Gasteiger partial charge >= 0.3 is 0 Å². The number of carbonyl (C=O) groups excluding carboxylic acids is 1. The standard InChI is InChI=1S/C18H16FN3OS/c1-12-5-4-6-13(17(12)19)18(23)21-10-8-16-22-15(11-24-16)14-7-2-3-9-20-14/h2-7,9,11H,8,10H2,1H3,(H,21,23). The zero-order chi connectivity index (χ0) is 16.9. The molecule has 0 radical (unpaired) electrons. The highest BCUT2D eigenvalue weighted by atomic mass is 32.1. The van der Waals surface area contributed by atoms with E-state index in [1.807, 2.05) is 23.6 Å². The number of aryl methyl sites for hydroxylation is 1. The minimum atomic E-state index is -0.471. The van der Waals surface area contributed by atoms with Crippen LogP contribution in [0.3, 0.4) is 0 Å². The van der Waals surface area contributed by atoms with Gasteiger partial charge in [0.1, 0.15) is 5.82 Å². The van der Waals surface area contributed by atoms with Crippen molar-refractivity contribution in [3.63, 3.8) is 0 Å². The van der Waals surface area contributed by atoms with Crippen molar-refractivity contribution < 1.29 is 9.18 Å². The first-order chi connectivity index (χ1) is 11.6. The van der Waals surface area contributed by atoms with Gasteiger partial charge in [0, 0.05) is 24.5 Å². The molecule has 1 amide bonds. The summed E-state index contributed by atoms with van der Waals surface area (Å²) in [5.41, 5.74) is 2.18. The number of halogens is 1. The Morgan fingerprint density at radius 1 is 1.21 bits per heavy atom. The number of amides is 1. The molecule has 122 valence electrons. The van der Waals surface area contributed by atoms with Crippen LogP contribution < -0.4 is 5.32 Å². The molecule has 3 aromatic rings. The van der Waals surface area contributed by atoms with Gasteiger partial charge in [0.25, 0.3) is 5.91 Å². The van der Waals surface area contributed by atoms with Crippen LogP contribution in [0, 0.1) is 12.7 Å². The Bertz CT molecular complexity index is 848. The molecule has 0 aliphatic heterocycles. The lowest BCUT2D eigenvalue weighted by Crippen LogP contribution is -2.26. The highest BCUT2D eigenvalue weighted by Crippen LogP contribution is 2.19. The molecule has 3 rings (SSSR count). The van der Waals surface area contributed by atoms with E-state index in [4.69, 9.17) is 0 Å². The minimum absolute atomic E-state index is 0.0725. The second kappa shape index (κ2) is 7.31. The fourth-order valence-corrected chi connectivity index (χ4v) is 3.05. The average Bonchev–Trinajstić information content (AvgIpc) is 3.07. The quantitative estimate of drug-likeness (QED) is 0.771. The Balaban J connectivity index is 1.58. The number of nitrogens with one attached hydrogen (secondary N) is 1. The van der Waals surface area contributed by atoms with Gasteiger partial charge in [-0.3, -0.25) is 9.78 Å². The number of benzene rings is 1. The van der Waals surface area contributed by atoms with Gasteiger partial charge in [0.2, 0.25) is 0 Å². The largest absolute Gasteiger partial charge is 0.352 e. The molecule has 4 nitrogen and oxygen atoms in total. The Morgan fingerprint density at radius 3 is 2.88 bits per heavy atom. The Kier molecular flexibility index (Phi) is 4.96. The van der Waals surface area contributed by atoms with E-state index in [0.717, 1.165) is 16.4 Å². The van der Waals surface area contributed by atoms with E-state index < -0.39 is 11.7 Å². The van der Waals surface area contributed by atoms with Crippen LogP contribution in [-0.2, 0) is 6.42 Å². The number of pyridine rings is 1. The summed E-state index contributed by atoms with van der Waals surface area (Å²) in [6.45, 7) is 2.04. The number of nitrogens with zero attached hydrogens (tertiary/aromatic N) is 2. The van der Waals surface area contributed by atoms with Crippen molar-refractivity contribution in [2.24, 2.45) is 0 Å². The molecule has 0 fully saturated rings. The molecule has 0 spiro atoms. The van der Waals surface area contributed by atoms with Crippen molar-refractivity contribution in [3.8, 4) is 11.4 Å². The third-order valence-corrected chi connectivity index (χ3v) is 4.45. The third kappa shape index (κ3) is 3.65. The highest BCUT2D eigenvalue weighted by Gasteiger charge is 2.13. The molecule has 6 heteroatoms. The number of carbonyl (C=O) groups is 1. The van der Waals surface area contributed by atoms with Crippen molar-refractivity contribution >= 4 is 17.2 Å². The highest BCUT2D eigenvalue weighted by molar-refractivity contribution is 7.09. The predicted molar refractivity (Wildman–Crippen MR) is 92.5 cm³/mol. The summed E-state index contributed by atoms with van der Waals surface area (Å²) < 4.78 is 13.9. The van der Waals surface area contributed by atoms with Crippen LogP contribution in [0.25, 0.3) is 11.4 Å². The van der Waals surface area contributed by atoms with Gasteiger partial charge in [-0.25, -0.2) is 9.37 Å². The Morgan fingerprint density at radius 2 is 2.08 bits per heavy atom. The van der Waals surface area contributed by atoms with Gasteiger partial charge in [-0.05, 0) is 30.7 Å². The lowest BCUT2D eigenvalue weighted by atomic mass is 10.1. The minimum Gasteiger partial charge on any atom is -0.352 e. The summed E-state index contributed by atoms with van der Waals surface area (Å²) in [7, 11) is 0. The van der Waals surface area contributed by atoms with Gasteiger partial charge in [-0.15, -0.1) is 11.3 Å². The lowest BCUT2D eigenvalue weighted by Gasteiger charge is -2.06. The predicted octanol–water partition coefficient (Wildman–Crippen LogP) is 3.63. The summed E-state index contributed by atoms with van der Waals surface area (Å²) in [5, 5.41) is 5.58. The normalized spacial score (nSPS) is 10.6. The average molecular weight is 341 g/mol. The summed E-state index contributed by atoms with van der Waals surface area (Å²) in [6, 6.07) is 10.5. The summed E-state index contributed by atoms with van der Waals surface area (Å²) in [6.07, 6.45) is 2.32. The first-order valence-corrected chi connectivity index (χ1v) is 8.42. The van der Waals surface area contributed by atoms with Crippen LogP contribution in [0.1, 0.15) is 20.9 Å². The number of hydrogen-bond acceptors (Lipinski definition) is 4. The van der Waals surface area contributed by atoms with E-state index in [2.05, 4.69) is 15.3 Å². The van der Waals surface area contributed by atoms with E-state index in [1.54, 1.807) is 25.3 Å². The van der Waals surface area contributed by atoms with E-state index in [1.165, 1.54) is 17.4 Å². The molecule has 1 N–H and O–H groups in total. The topological polar surface area (TPSA) is 54.9 Å². The van der Waals surface area contributed by atoms with Crippen molar-refractivity contribution in [1.29, 1.82) is 0 Å². The van der Waals surface area contributed by atoms with Crippen LogP contribution in [-0.4, -0.2) is 22.4 Å². The molecule has 0 aliphatic carbocycles. The molecule has 0 saturated heterocycles.